The topological polar surface area (TPSA) is 238 Å². The van der Waals surface area contributed by atoms with Crippen molar-refractivity contribution in [3.05, 3.63) is 0 Å². The molecule has 3 fully saturated rings. The summed E-state index contributed by atoms with van der Waals surface area (Å²) in [6.07, 6.45) is 2.30. The molecule has 3 heterocycles. The van der Waals surface area contributed by atoms with Gasteiger partial charge in [0.1, 0.15) is 48.3 Å². The average Bonchev–Trinajstić information content (AvgIpc) is 3.93. The maximum Gasteiger partial charge on any atom is 0.245 e. The summed E-state index contributed by atoms with van der Waals surface area (Å²) in [5.41, 5.74) is 0. The SMILES string of the molecule is CC(C)C[C@@H]1NC(=O)CN(C)C(=O)[C@H]2CCCN2C(=O)[C@H](CC(C)C)NC(=O)[C@H](C)N(C)C(=O)[C@H](CC(C)C)NC(=O)CN(C)C(=O)[C@H]2CCCN2C(=O)[C@H](C)NC(=O)[C@H](C)N(C)C1=O. The van der Waals surface area contributed by atoms with Crippen LogP contribution in [0.25, 0.3) is 0 Å². The lowest BCUT2D eigenvalue weighted by atomic mass is 10.0. The highest BCUT2D eigenvalue weighted by atomic mass is 16.2. The second-order valence-electron chi connectivity index (χ2n) is 19.4. The summed E-state index contributed by atoms with van der Waals surface area (Å²) in [4.78, 5) is 146. The van der Waals surface area contributed by atoms with Gasteiger partial charge < -0.3 is 50.7 Å². The van der Waals surface area contributed by atoms with Crippen LogP contribution in [0.3, 0.4) is 0 Å². The summed E-state index contributed by atoms with van der Waals surface area (Å²) in [5, 5.41) is 11.0. The molecule has 0 radical (unpaired) electrons. The Morgan fingerprint density at radius 2 is 0.800 bits per heavy atom. The molecule has 0 aromatic heterocycles. The van der Waals surface area contributed by atoms with E-state index in [1.807, 2.05) is 41.5 Å². The van der Waals surface area contributed by atoms with Crippen molar-refractivity contribution >= 4 is 59.1 Å². The molecule has 0 aliphatic carbocycles. The van der Waals surface area contributed by atoms with Crippen LogP contribution in [0.2, 0.25) is 0 Å². The lowest BCUT2D eigenvalue weighted by molar-refractivity contribution is -0.148. The largest absolute Gasteiger partial charge is 0.343 e. The van der Waals surface area contributed by atoms with Crippen molar-refractivity contribution < 1.29 is 47.9 Å². The number of fused-ring (bicyclic) bond motifs is 2. The lowest BCUT2D eigenvalue weighted by Crippen LogP contribution is -2.59. The zero-order chi connectivity index (χ0) is 49.2. The number of likely N-dealkylation sites (N-methyl/N-ethyl adjacent to an activating group) is 4. The minimum absolute atomic E-state index is 0.0563. The Labute approximate surface area is 384 Å². The van der Waals surface area contributed by atoms with Gasteiger partial charge in [0, 0.05) is 41.3 Å². The van der Waals surface area contributed by atoms with Crippen molar-refractivity contribution in [1.82, 2.24) is 50.7 Å². The van der Waals surface area contributed by atoms with E-state index in [2.05, 4.69) is 21.3 Å². The second-order valence-corrected chi connectivity index (χ2v) is 19.4. The van der Waals surface area contributed by atoms with E-state index in [4.69, 9.17) is 0 Å². The van der Waals surface area contributed by atoms with Crippen LogP contribution in [-0.2, 0) is 47.9 Å². The fourth-order valence-electron chi connectivity index (χ4n) is 8.59. The van der Waals surface area contributed by atoms with Crippen LogP contribution in [0.5, 0.6) is 0 Å². The number of carbonyl (C=O) groups is 10. The van der Waals surface area contributed by atoms with Gasteiger partial charge in [0.15, 0.2) is 0 Å². The summed E-state index contributed by atoms with van der Waals surface area (Å²) in [6.45, 7) is 15.3. The molecule has 8 atom stereocenters. The van der Waals surface area contributed by atoms with E-state index in [1.165, 1.54) is 78.4 Å². The Balaban J connectivity index is 2.01. The van der Waals surface area contributed by atoms with Crippen LogP contribution in [0.4, 0.5) is 0 Å². The Kier molecular flexibility index (Phi) is 19.7. The predicted octanol–water partition coefficient (Wildman–Crippen LogP) is -0.310. The van der Waals surface area contributed by atoms with Crippen LogP contribution in [0.15, 0.2) is 0 Å². The third kappa shape index (κ3) is 14.3. The first-order valence-corrected chi connectivity index (χ1v) is 23.1. The number of nitrogens with one attached hydrogen (secondary N) is 4. The Hall–Kier alpha value is -5.30. The van der Waals surface area contributed by atoms with Gasteiger partial charge in [-0.3, -0.25) is 47.9 Å². The molecule has 65 heavy (non-hydrogen) atoms. The molecule has 20 nitrogen and oxygen atoms in total. The fourth-order valence-corrected chi connectivity index (χ4v) is 8.59. The highest BCUT2D eigenvalue weighted by Crippen LogP contribution is 2.23. The van der Waals surface area contributed by atoms with Gasteiger partial charge in [-0.2, -0.15) is 0 Å². The summed E-state index contributed by atoms with van der Waals surface area (Å²) in [5.74, 6) is -5.83. The van der Waals surface area contributed by atoms with Crippen molar-refractivity contribution in [3.63, 3.8) is 0 Å². The maximum atomic E-state index is 14.3. The van der Waals surface area contributed by atoms with Crippen molar-refractivity contribution in [3.8, 4) is 0 Å². The van der Waals surface area contributed by atoms with Crippen molar-refractivity contribution in [1.29, 1.82) is 0 Å². The summed E-state index contributed by atoms with van der Waals surface area (Å²) < 4.78 is 0. The monoisotopic (exact) mass is 917 g/mol. The third-order valence-electron chi connectivity index (χ3n) is 12.5. The zero-order valence-corrected chi connectivity index (χ0v) is 40.9. The molecule has 366 valence electrons. The molecule has 3 aliphatic rings. The predicted molar refractivity (Wildman–Crippen MR) is 241 cm³/mol. The van der Waals surface area contributed by atoms with E-state index in [1.54, 1.807) is 0 Å². The van der Waals surface area contributed by atoms with Crippen LogP contribution >= 0.6 is 0 Å². The molecule has 0 saturated carbocycles. The smallest absolute Gasteiger partial charge is 0.245 e. The highest BCUT2D eigenvalue weighted by molar-refractivity contribution is 5.98. The number of rotatable bonds is 6. The minimum atomic E-state index is -1.09. The Bertz CT molecular complexity index is 1790. The summed E-state index contributed by atoms with van der Waals surface area (Å²) in [6, 6.07) is -8.29. The van der Waals surface area contributed by atoms with Crippen LogP contribution in [0.1, 0.15) is 107 Å². The van der Waals surface area contributed by atoms with Gasteiger partial charge in [-0.25, -0.2) is 0 Å². The first kappa shape index (κ1) is 54.0. The maximum absolute atomic E-state index is 14.3. The first-order valence-electron chi connectivity index (χ1n) is 23.1. The molecule has 0 aromatic rings. The number of hydrogen-bond donors (Lipinski definition) is 4. The normalized spacial score (nSPS) is 28.8. The zero-order valence-electron chi connectivity index (χ0n) is 40.9. The fraction of sp³-hybridized carbons (Fsp3) is 0.778. The molecule has 3 aliphatic heterocycles. The molecular weight excluding hydrogens is 841 g/mol. The van der Waals surface area contributed by atoms with E-state index < -0.39 is 120 Å². The number of hydrogen-bond acceptors (Lipinski definition) is 10. The molecule has 0 aromatic carbocycles. The van der Waals surface area contributed by atoms with Crippen molar-refractivity contribution in [2.75, 3.05) is 54.4 Å². The first-order chi connectivity index (χ1) is 30.3. The summed E-state index contributed by atoms with van der Waals surface area (Å²) >= 11 is 0. The van der Waals surface area contributed by atoms with Crippen LogP contribution in [0, 0.1) is 17.8 Å². The Morgan fingerprint density at radius 1 is 0.462 bits per heavy atom. The van der Waals surface area contributed by atoms with Gasteiger partial charge in [0.25, 0.3) is 0 Å². The van der Waals surface area contributed by atoms with Crippen LogP contribution < -0.4 is 21.3 Å². The van der Waals surface area contributed by atoms with Gasteiger partial charge in [0.2, 0.25) is 59.1 Å². The van der Waals surface area contributed by atoms with E-state index in [0.29, 0.717) is 25.7 Å². The lowest BCUT2D eigenvalue weighted by Gasteiger charge is -2.34. The molecular formula is C45H76N10O10. The van der Waals surface area contributed by atoms with E-state index in [-0.39, 0.29) is 50.1 Å². The van der Waals surface area contributed by atoms with Gasteiger partial charge in [-0.05, 0) is 83.5 Å². The molecule has 4 N–H and O–H groups in total. The molecule has 0 spiro atoms. The molecule has 20 heteroatoms. The number of nitrogens with zero attached hydrogens (tertiary/aromatic N) is 6. The number of carbonyl (C=O) groups excluding carboxylic acids is 10. The number of amides is 10. The van der Waals surface area contributed by atoms with Gasteiger partial charge >= 0.3 is 0 Å². The molecule has 3 rings (SSSR count). The highest BCUT2D eigenvalue weighted by Gasteiger charge is 2.42. The summed E-state index contributed by atoms with van der Waals surface area (Å²) in [7, 11) is 5.70. The minimum Gasteiger partial charge on any atom is -0.343 e. The van der Waals surface area contributed by atoms with Gasteiger partial charge in [0.05, 0.1) is 13.1 Å². The third-order valence-corrected chi connectivity index (χ3v) is 12.5. The molecule has 0 bridgehead atoms. The van der Waals surface area contributed by atoms with Gasteiger partial charge in [-0.15, -0.1) is 0 Å². The Morgan fingerprint density at radius 3 is 1.17 bits per heavy atom. The standard InChI is InChI=1S/C45H76N10O10/c1-25(2)20-31-41(61)52(12)29(8)38(58)46-28(7)40(60)54-18-14-16-34(54)44(64)50(10)23-36(56)48-32(21-26(3)4)42(62)53(13)30(9)39(59)49-33(22-27(5)6)43(63)55-19-15-17-35(55)45(65)51(11)24-37(57)47-31/h25-35H,14-24H2,1-13H3,(H,46,58)(H,47,57)(H,48,56)(H,49,59)/t28-,29-,30-,31-,32-,33-,34+,35+/m0/s1. The van der Waals surface area contributed by atoms with Crippen LogP contribution in [-0.4, -0.2) is 191 Å². The quantitative estimate of drug-likeness (QED) is 0.271. The van der Waals surface area contributed by atoms with E-state index in [0.717, 1.165) is 0 Å². The molecule has 0 unspecified atom stereocenters. The van der Waals surface area contributed by atoms with Crippen molar-refractivity contribution in [2.45, 2.75) is 156 Å². The second kappa shape index (κ2) is 23.8. The average molecular weight is 917 g/mol. The molecule has 3 saturated heterocycles. The van der Waals surface area contributed by atoms with Crippen molar-refractivity contribution in [2.24, 2.45) is 17.8 Å². The van der Waals surface area contributed by atoms with E-state index in [9.17, 15) is 47.9 Å². The van der Waals surface area contributed by atoms with E-state index >= 15 is 0 Å². The molecule has 10 amide bonds. The van der Waals surface area contributed by atoms with Gasteiger partial charge in [-0.1, -0.05) is 41.5 Å².